The Morgan fingerprint density at radius 3 is 2.75 bits per heavy atom. The molecule has 1 atom stereocenters. The van der Waals surface area contributed by atoms with Gasteiger partial charge in [0, 0.05) is 30.9 Å². The van der Waals surface area contributed by atoms with E-state index in [9.17, 15) is 9.59 Å². The molecule has 1 aromatic heterocycles. The van der Waals surface area contributed by atoms with E-state index in [2.05, 4.69) is 10.6 Å². The first-order valence-corrected chi connectivity index (χ1v) is 7.79. The topological polar surface area (TPSA) is 67.4 Å². The zero-order chi connectivity index (χ0) is 14.2. The zero-order valence-electron chi connectivity index (χ0n) is 11.4. The van der Waals surface area contributed by atoms with Crippen molar-refractivity contribution in [1.82, 2.24) is 10.6 Å². The maximum Gasteiger partial charge on any atom is 0.220 e. The summed E-state index contributed by atoms with van der Waals surface area (Å²) in [6.07, 6.45) is 2.66. The van der Waals surface area contributed by atoms with E-state index in [1.165, 1.54) is 0 Å². The third-order valence-electron chi connectivity index (χ3n) is 3.17. The molecule has 1 fully saturated rings. The predicted molar refractivity (Wildman–Crippen MR) is 77.4 cm³/mol. The minimum Gasteiger partial charge on any atom is -0.376 e. The van der Waals surface area contributed by atoms with Gasteiger partial charge in [-0.25, -0.2) is 0 Å². The van der Waals surface area contributed by atoms with Crippen LogP contribution in [0, 0.1) is 0 Å². The molecule has 2 heterocycles. The SMILES string of the molecule is O=C(CCC(=O)NC[C@H]1CCCO1)NCc1cccs1. The fourth-order valence-corrected chi connectivity index (χ4v) is 2.68. The molecular formula is C14H20N2O3S. The van der Waals surface area contributed by atoms with Crippen LogP contribution in [0.4, 0.5) is 0 Å². The van der Waals surface area contributed by atoms with Crippen LogP contribution in [0.5, 0.6) is 0 Å². The van der Waals surface area contributed by atoms with E-state index in [4.69, 9.17) is 4.74 Å². The van der Waals surface area contributed by atoms with Crippen molar-refractivity contribution in [3.05, 3.63) is 22.4 Å². The van der Waals surface area contributed by atoms with Gasteiger partial charge in [0.2, 0.25) is 11.8 Å². The highest BCUT2D eigenvalue weighted by atomic mass is 32.1. The van der Waals surface area contributed by atoms with Crippen molar-refractivity contribution in [3.8, 4) is 0 Å². The Bertz CT molecular complexity index is 428. The molecule has 2 N–H and O–H groups in total. The maximum atomic E-state index is 11.6. The smallest absolute Gasteiger partial charge is 0.220 e. The quantitative estimate of drug-likeness (QED) is 0.800. The molecule has 1 saturated heterocycles. The monoisotopic (exact) mass is 296 g/mol. The summed E-state index contributed by atoms with van der Waals surface area (Å²) in [5.41, 5.74) is 0. The highest BCUT2D eigenvalue weighted by Gasteiger charge is 2.16. The summed E-state index contributed by atoms with van der Waals surface area (Å²) in [4.78, 5) is 24.3. The summed E-state index contributed by atoms with van der Waals surface area (Å²) in [6.45, 7) is 1.87. The van der Waals surface area contributed by atoms with E-state index in [1.54, 1.807) is 11.3 Å². The second-order valence-corrected chi connectivity index (χ2v) is 5.83. The molecule has 0 bridgehead atoms. The lowest BCUT2D eigenvalue weighted by Crippen LogP contribution is -2.32. The minimum atomic E-state index is -0.0920. The average Bonchev–Trinajstić information content (AvgIpc) is 3.13. The first kappa shape index (κ1) is 15.0. The number of nitrogens with one attached hydrogen (secondary N) is 2. The summed E-state index contributed by atoms with van der Waals surface area (Å²) < 4.78 is 5.42. The molecule has 0 aliphatic carbocycles. The first-order chi connectivity index (χ1) is 9.74. The Morgan fingerprint density at radius 2 is 2.10 bits per heavy atom. The van der Waals surface area contributed by atoms with Gasteiger partial charge in [-0.05, 0) is 24.3 Å². The summed E-state index contributed by atoms with van der Waals surface area (Å²) in [7, 11) is 0. The van der Waals surface area contributed by atoms with Gasteiger partial charge in [0.1, 0.15) is 0 Å². The average molecular weight is 296 g/mol. The van der Waals surface area contributed by atoms with Crippen LogP contribution in [0.1, 0.15) is 30.6 Å². The predicted octanol–water partition coefficient (Wildman–Crippen LogP) is 1.44. The molecule has 0 radical (unpaired) electrons. The Morgan fingerprint density at radius 1 is 1.30 bits per heavy atom. The third-order valence-corrected chi connectivity index (χ3v) is 4.05. The number of carbonyl (C=O) groups excluding carboxylic acids is 2. The summed E-state index contributed by atoms with van der Waals surface area (Å²) >= 11 is 1.60. The Kier molecular flexibility index (Phi) is 6.01. The number of amides is 2. The molecule has 2 rings (SSSR count). The van der Waals surface area contributed by atoms with Crippen LogP contribution in [0.3, 0.4) is 0 Å². The van der Waals surface area contributed by atoms with E-state index in [-0.39, 0.29) is 30.8 Å². The lowest BCUT2D eigenvalue weighted by molar-refractivity contribution is -0.126. The molecule has 0 unspecified atom stereocenters. The molecule has 6 heteroatoms. The second-order valence-electron chi connectivity index (χ2n) is 4.80. The number of hydrogen-bond acceptors (Lipinski definition) is 4. The van der Waals surface area contributed by atoms with E-state index >= 15 is 0 Å². The summed E-state index contributed by atoms with van der Waals surface area (Å²) in [5, 5.41) is 7.58. The molecule has 110 valence electrons. The molecule has 20 heavy (non-hydrogen) atoms. The van der Waals surface area contributed by atoms with Crippen LogP contribution in [0.25, 0.3) is 0 Å². The number of ether oxygens (including phenoxy) is 1. The van der Waals surface area contributed by atoms with Crippen molar-refractivity contribution in [3.63, 3.8) is 0 Å². The lowest BCUT2D eigenvalue weighted by atomic mass is 10.2. The van der Waals surface area contributed by atoms with Crippen LogP contribution in [-0.2, 0) is 20.9 Å². The molecule has 1 aliphatic heterocycles. The van der Waals surface area contributed by atoms with Crippen molar-refractivity contribution in [1.29, 1.82) is 0 Å². The van der Waals surface area contributed by atoms with Gasteiger partial charge in [-0.3, -0.25) is 9.59 Å². The van der Waals surface area contributed by atoms with E-state index in [1.807, 2.05) is 17.5 Å². The van der Waals surface area contributed by atoms with Crippen LogP contribution in [0.2, 0.25) is 0 Å². The fraction of sp³-hybridized carbons (Fsp3) is 0.571. The van der Waals surface area contributed by atoms with Crippen molar-refractivity contribution >= 4 is 23.2 Å². The van der Waals surface area contributed by atoms with Crippen molar-refractivity contribution in [2.75, 3.05) is 13.2 Å². The zero-order valence-corrected chi connectivity index (χ0v) is 12.2. The Balaban J connectivity index is 1.54. The van der Waals surface area contributed by atoms with Gasteiger partial charge in [-0.2, -0.15) is 0 Å². The molecule has 0 aromatic carbocycles. The molecule has 1 aromatic rings. The number of thiophene rings is 1. The van der Waals surface area contributed by atoms with Gasteiger partial charge < -0.3 is 15.4 Å². The molecular weight excluding hydrogens is 276 g/mol. The van der Waals surface area contributed by atoms with Crippen LogP contribution in [-0.4, -0.2) is 31.1 Å². The van der Waals surface area contributed by atoms with Gasteiger partial charge in [-0.1, -0.05) is 6.07 Å². The largest absolute Gasteiger partial charge is 0.376 e. The number of rotatable bonds is 7. The van der Waals surface area contributed by atoms with Crippen LogP contribution < -0.4 is 10.6 Å². The number of carbonyl (C=O) groups is 2. The molecule has 2 amide bonds. The van der Waals surface area contributed by atoms with E-state index < -0.39 is 0 Å². The Hall–Kier alpha value is -1.40. The van der Waals surface area contributed by atoms with Gasteiger partial charge in [0.15, 0.2) is 0 Å². The van der Waals surface area contributed by atoms with Gasteiger partial charge in [-0.15, -0.1) is 11.3 Å². The lowest BCUT2D eigenvalue weighted by Gasteiger charge is -2.10. The second kappa shape index (κ2) is 8.01. The fourth-order valence-electron chi connectivity index (χ4n) is 2.04. The minimum absolute atomic E-state index is 0.0910. The molecule has 5 nitrogen and oxygen atoms in total. The number of hydrogen-bond donors (Lipinski definition) is 2. The van der Waals surface area contributed by atoms with Gasteiger partial charge in [0.05, 0.1) is 12.6 Å². The molecule has 0 spiro atoms. The highest BCUT2D eigenvalue weighted by molar-refractivity contribution is 7.09. The van der Waals surface area contributed by atoms with Crippen LogP contribution >= 0.6 is 11.3 Å². The third kappa shape index (κ3) is 5.30. The van der Waals surface area contributed by atoms with E-state index in [0.717, 1.165) is 24.3 Å². The highest BCUT2D eigenvalue weighted by Crippen LogP contribution is 2.10. The molecule has 1 aliphatic rings. The van der Waals surface area contributed by atoms with Gasteiger partial charge >= 0.3 is 0 Å². The van der Waals surface area contributed by atoms with Crippen molar-refractivity contribution in [2.24, 2.45) is 0 Å². The molecule has 0 saturated carbocycles. The van der Waals surface area contributed by atoms with Gasteiger partial charge in [0.25, 0.3) is 0 Å². The summed E-state index contributed by atoms with van der Waals surface area (Å²) in [6, 6.07) is 3.92. The maximum absolute atomic E-state index is 11.6. The van der Waals surface area contributed by atoms with E-state index in [0.29, 0.717) is 13.1 Å². The standard InChI is InChI=1S/C14H20N2O3S/c17-13(15-9-11-3-1-7-19-11)5-6-14(18)16-10-12-4-2-8-20-12/h2,4,8,11H,1,3,5-7,9-10H2,(H,15,17)(H,16,18)/t11-/m1/s1. The van der Waals surface area contributed by atoms with Crippen LogP contribution in [0.15, 0.2) is 17.5 Å². The summed E-state index contributed by atoms with van der Waals surface area (Å²) in [5.74, 6) is -0.183. The Labute approximate surface area is 122 Å². The normalized spacial score (nSPS) is 17.9. The van der Waals surface area contributed by atoms with Crippen molar-refractivity contribution in [2.45, 2.75) is 38.3 Å². The first-order valence-electron chi connectivity index (χ1n) is 6.91. The van der Waals surface area contributed by atoms with Crippen molar-refractivity contribution < 1.29 is 14.3 Å².